The van der Waals surface area contributed by atoms with Gasteiger partial charge in [0, 0.05) is 0 Å². The standard InChI is InChI=1S/C23H30O3/c1-3-5-7-9-19-11-15-21(16-12-19)25-23(24)26-22-17-13-20(14-18-22)10-8-6-4-2/h11-18H,3-10H2,1-2H3. The lowest BCUT2D eigenvalue weighted by molar-refractivity contribution is 0.152. The molecule has 0 heterocycles. The van der Waals surface area contributed by atoms with Crippen molar-refractivity contribution in [3.05, 3.63) is 59.7 Å². The van der Waals surface area contributed by atoms with Crippen molar-refractivity contribution >= 4 is 6.16 Å². The largest absolute Gasteiger partial charge is 0.519 e. The van der Waals surface area contributed by atoms with Crippen molar-refractivity contribution in [2.45, 2.75) is 65.2 Å². The van der Waals surface area contributed by atoms with Gasteiger partial charge < -0.3 is 9.47 Å². The highest BCUT2D eigenvalue weighted by Crippen LogP contribution is 2.18. The maximum absolute atomic E-state index is 11.9. The molecular weight excluding hydrogens is 324 g/mol. The van der Waals surface area contributed by atoms with E-state index in [0.29, 0.717) is 11.5 Å². The molecule has 0 amide bonds. The molecule has 0 bridgehead atoms. The average molecular weight is 354 g/mol. The smallest absolute Gasteiger partial charge is 0.395 e. The van der Waals surface area contributed by atoms with E-state index in [9.17, 15) is 4.79 Å². The van der Waals surface area contributed by atoms with Crippen molar-refractivity contribution in [3.63, 3.8) is 0 Å². The van der Waals surface area contributed by atoms with E-state index in [0.717, 1.165) is 12.8 Å². The number of rotatable bonds is 10. The highest BCUT2D eigenvalue weighted by molar-refractivity contribution is 5.67. The Balaban J connectivity index is 1.78. The summed E-state index contributed by atoms with van der Waals surface area (Å²) in [6.45, 7) is 4.39. The van der Waals surface area contributed by atoms with Gasteiger partial charge in [-0.1, -0.05) is 63.8 Å². The van der Waals surface area contributed by atoms with Crippen LogP contribution in [0.4, 0.5) is 4.79 Å². The first-order chi connectivity index (χ1) is 12.7. The van der Waals surface area contributed by atoms with Gasteiger partial charge in [-0.2, -0.15) is 0 Å². The van der Waals surface area contributed by atoms with Gasteiger partial charge in [-0.15, -0.1) is 0 Å². The highest BCUT2D eigenvalue weighted by atomic mass is 16.7. The number of aryl methyl sites for hydroxylation is 2. The molecule has 0 unspecified atom stereocenters. The number of ether oxygens (including phenoxy) is 2. The molecule has 0 atom stereocenters. The molecule has 0 aliphatic heterocycles. The van der Waals surface area contributed by atoms with Crippen LogP contribution in [0.1, 0.15) is 63.5 Å². The third-order valence-electron chi connectivity index (χ3n) is 4.39. The van der Waals surface area contributed by atoms with Gasteiger partial charge >= 0.3 is 6.16 Å². The molecule has 26 heavy (non-hydrogen) atoms. The van der Waals surface area contributed by atoms with Gasteiger partial charge in [-0.05, 0) is 61.1 Å². The lowest BCUT2D eigenvalue weighted by Gasteiger charge is -2.07. The predicted molar refractivity (Wildman–Crippen MR) is 106 cm³/mol. The molecule has 0 spiro atoms. The van der Waals surface area contributed by atoms with Gasteiger partial charge in [0.2, 0.25) is 0 Å². The Morgan fingerprint density at radius 1 is 0.654 bits per heavy atom. The number of carbonyl (C=O) groups is 1. The third-order valence-corrected chi connectivity index (χ3v) is 4.39. The lowest BCUT2D eigenvalue weighted by Crippen LogP contribution is -2.13. The van der Waals surface area contributed by atoms with Crippen LogP contribution in [0.5, 0.6) is 11.5 Å². The van der Waals surface area contributed by atoms with Crippen LogP contribution in [0.2, 0.25) is 0 Å². The van der Waals surface area contributed by atoms with E-state index in [4.69, 9.17) is 9.47 Å². The summed E-state index contributed by atoms with van der Waals surface area (Å²) in [5, 5.41) is 0. The molecule has 2 rings (SSSR count). The summed E-state index contributed by atoms with van der Waals surface area (Å²) in [6, 6.07) is 15.3. The summed E-state index contributed by atoms with van der Waals surface area (Å²) in [5.41, 5.74) is 2.52. The molecule has 0 aromatic heterocycles. The normalized spacial score (nSPS) is 10.5. The maximum atomic E-state index is 11.9. The summed E-state index contributed by atoms with van der Waals surface area (Å²) < 4.78 is 10.5. The first-order valence-corrected chi connectivity index (χ1v) is 9.78. The zero-order valence-corrected chi connectivity index (χ0v) is 16.0. The molecule has 2 aromatic carbocycles. The van der Waals surface area contributed by atoms with E-state index in [1.807, 2.05) is 48.5 Å². The summed E-state index contributed by atoms with van der Waals surface area (Å²) in [6.07, 6.45) is 8.69. The Morgan fingerprint density at radius 2 is 1.04 bits per heavy atom. The fraction of sp³-hybridized carbons (Fsp3) is 0.435. The summed E-state index contributed by atoms with van der Waals surface area (Å²) in [5.74, 6) is 1.01. The van der Waals surface area contributed by atoms with Crippen LogP contribution in [0, 0.1) is 0 Å². The number of benzene rings is 2. The van der Waals surface area contributed by atoms with Crippen molar-refractivity contribution in [2.24, 2.45) is 0 Å². The van der Waals surface area contributed by atoms with Crippen LogP contribution in [0.3, 0.4) is 0 Å². The zero-order valence-electron chi connectivity index (χ0n) is 16.0. The number of hydrogen-bond acceptors (Lipinski definition) is 3. The average Bonchev–Trinajstić information content (AvgIpc) is 2.65. The van der Waals surface area contributed by atoms with Gasteiger partial charge in [0.25, 0.3) is 0 Å². The minimum absolute atomic E-state index is 0.505. The highest BCUT2D eigenvalue weighted by Gasteiger charge is 2.08. The minimum Gasteiger partial charge on any atom is -0.395 e. The van der Waals surface area contributed by atoms with Crippen molar-refractivity contribution in [1.29, 1.82) is 0 Å². The van der Waals surface area contributed by atoms with E-state index in [1.54, 1.807) is 0 Å². The van der Waals surface area contributed by atoms with Crippen LogP contribution >= 0.6 is 0 Å². The molecule has 0 radical (unpaired) electrons. The number of unbranched alkanes of at least 4 members (excludes halogenated alkanes) is 4. The van der Waals surface area contributed by atoms with E-state index < -0.39 is 6.16 Å². The fourth-order valence-corrected chi connectivity index (χ4v) is 2.82. The Kier molecular flexibility index (Phi) is 8.74. The van der Waals surface area contributed by atoms with E-state index >= 15 is 0 Å². The second-order valence-electron chi connectivity index (χ2n) is 6.66. The van der Waals surface area contributed by atoms with Gasteiger partial charge in [0.1, 0.15) is 11.5 Å². The molecule has 0 N–H and O–H groups in total. The van der Waals surface area contributed by atoms with E-state index in [2.05, 4.69) is 13.8 Å². The summed E-state index contributed by atoms with van der Waals surface area (Å²) in [7, 11) is 0. The first-order valence-electron chi connectivity index (χ1n) is 9.78. The van der Waals surface area contributed by atoms with E-state index in [-0.39, 0.29) is 0 Å². The molecule has 0 aliphatic rings. The van der Waals surface area contributed by atoms with Crippen molar-refractivity contribution in [2.75, 3.05) is 0 Å². The SMILES string of the molecule is CCCCCc1ccc(OC(=O)Oc2ccc(CCCCC)cc2)cc1. The summed E-state index contributed by atoms with van der Waals surface area (Å²) >= 11 is 0. The fourth-order valence-electron chi connectivity index (χ4n) is 2.82. The van der Waals surface area contributed by atoms with Crippen molar-refractivity contribution < 1.29 is 14.3 Å². The third kappa shape index (κ3) is 7.30. The monoisotopic (exact) mass is 354 g/mol. The Bertz CT molecular complexity index is 587. The Hall–Kier alpha value is -2.29. The molecule has 0 fully saturated rings. The topological polar surface area (TPSA) is 35.5 Å². The Morgan fingerprint density at radius 3 is 1.38 bits per heavy atom. The van der Waals surface area contributed by atoms with Crippen molar-refractivity contribution in [3.8, 4) is 11.5 Å². The van der Waals surface area contributed by atoms with Crippen LogP contribution in [0.15, 0.2) is 48.5 Å². The molecule has 0 saturated heterocycles. The summed E-state index contributed by atoms with van der Waals surface area (Å²) in [4.78, 5) is 11.9. The van der Waals surface area contributed by atoms with Gasteiger partial charge in [0.15, 0.2) is 0 Å². The zero-order chi connectivity index (χ0) is 18.6. The molecule has 0 saturated carbocycles. The van der Waals surface area contributed by atoms with Gasteiger partial charge in [-0.25, -0.2) is 4.79 Å². The predicted octanol–water partition coefficient (Wildman–Crippen LogP) is 6.73. The van der Waals surface area contributed by atoms with Gasteiger partial charge in [-0.3, -0.25) is 0 Å². The number of hydrogen-bond donors (Lipinski definition) is 0. The van der Waals surface area contributed by atoms with Crippen LogP contribution in [-0.2, 0) is 12.8 Å². The molecule has 2 aromatic rings. The van der Waals surface area contributed by atoms with Crippen molar-refractivity contribution in [1.82, 2.24) is 0 Å². The molecule has 140 valence electrons. The van der Waals surface area contributed by atoms with Crippen LogP contribution in [-0.4, -0.2) is 6.16 Å². The second-order valence-corrected chi connectivity index (χ2v) is 6.66. The van der Waals surface area contributed by atoms with Gasteiger partial charge in [0.05, 0.1) is 0 Å². The molecule has 3 nitrogen and oxygen atoms in total. The van der Waals surface area contributed by atoms with E-state index in [1.165, 1.54) is 49.7 Å². The number of carbonyl (C=O) groups excluding carboxylic acids is 1. The first kappa shape index (κ1) is 20.0. The minimum atomic E-state index is -0.706. The van der Waals surface area contributed by atoms with Crippen LogP contribution < -0.4 is 9.47 Å². The van der Waals surface area contributed by atoms with Crippen LogP contribution in [0.25, 0.3) is 0 Å². The molecule has 3 heteroatoms. The Labute approximate surface area is 157 Å². The molecular formula is C23H30O3. The molecule has 0 aliphatic carbocycles. The quantitative estimate of drug-likeness (QED) is 0.269. The maximum Gasteiger partial charge on any atom is 0.519 e. The lowest BCUT2D eigenvalue weighted by atomic mass is 10.1. The second kappa shape index (κ2) is 11.3.